The first-order valence-electron chi connectivity index (χ1n) is 10.1. The molecule has 29 heavy (non-hydrogen) atoms. The second-order valence-electron chi connectivity index (χ2n) is 7.58. The van der Waals surface area contributed by atoms with Crippen LogP contribution in [0.1, 0.15) is 50.2 Å². The van der Waals surface area contributed by atoms with Crippen molar-refractivity contribution in [1.82, 2.24) is 5.32 Å². The van der Waals surface area contributed by atoms with E-state index in [0.29, 0.717) is 6.42 Å². The van der Waals surface area contributed by atoms with Gasteiger partial charge in [-0.3, -0.25) is 19.7 Å². The first kappa shape index (κ1) is 20.8. The van der Waals surface area contributed by atoms with Crippen molar-refractivity contribution in [3.8, 4) is 11.1 Å². The Kier molecular flexibility index (Phi) is 6.47. The summed E-state index contributed by atoms with van der Waals surface area (Å²) in [4.78, 5) is 34.5. The van der Waals surface area contributed by atoms with Crippen LogP contribution in [0.3, 0.4) is 0 Å². The molecular formula is C24H27NO4. The van der Waals surface area contributed by atoms with E-state index in [4.69, 9.17) is 0 Å². The number of methoxy groups -OCH3 is 1. The molecule has 2 aliphatic rings. The van der Waals surface area contributed by atoms with Crippen molar-refractivity contribution in [1.29, 1.82) is 0 Å². The zero-order chi connectivity index (χ0) is 20.9. The van der Waals surface area contributed by atoms with Crippen LogP contribution >= 0.6 is 0 Å². The summed E-state index contributed by atoms with van der Waals surface area (Å²) in [5.74, 6) is -1.51. The van der Waals surface area contributed by atoms with Gasteiger partial charge >= 0.3 is 5.97 Å². The SMILES string of the molecule is CCCCCC1(C(=O)OC)CC(=O)NC1=O.c1ccc2c(c1)Cc1ccccc1-2. The van der Waals surface area contributed by atoms with Crippen molar-refractivity contribution < 1.29 is 19.1 Å². The molecule has 0 radical (unpaired) electrons. The van der Waals surface area contributed by atoms with E-state index in [1.165, 1.54) is 29.4 Å². The van der Waals surface area contributed by atoms with Crippen molar-refractivity contribution >= 4 is 17.8 Å². The Labute approximate surface area is 171 Å². The number of carbonyl (C=O) groups excluding carboxylic acids is 3. The molecule has 1 N–H and O–H groups in total. The Morgan fingerprint density at radius 1 is 1.00 bits per heavy atom. The van der Waals surface area contributed by atoms with E-state index in [2.05, 4.69) is 58.6 Å². The van der Waals surface area contributed by atoms with E-state index in [0.717, 1.165) is 25.7 Å². The summed E-state index contributed by atoms with van der Waals surface area (Å²) in [6.45, 7) is 2.03. The molecule has 1 saturated heterocycles. The average molecular weight is 393 g/mol. The summed E-state index contributed by atoms with van der Waals surface area (Å²) >= 11 is 0. The van der Waals surface area contributed by atoms with Crippen molar-refractivity contribution in [2.45, 2.75) is 45.4 Å². The summed E-state index contributed by atoms with van der Waals surface area (Å²) in [6, 6.07) is 17.3. The second kappa shape index (κ2) is 9.03. The summed E-state index contributed by atoms with van der Waals surface area (Å²) in [7, 11) is 1.24. The Bertz CT molecular complexity index is 877. The van der Waals surface area contributed by atoms with Gasteiger partial charge in [0.15, 0.2) is 5.41 Å². The standard InChI is InChI=1S/C13H10.C11H17NO4/c1-3-7-12-10(5-1)9-11-6-2-4-8-13(11)12;1-3-4-5-6-11(10(15)16-2)7-8(13)12-9(11)14/h1-8H,9H2;3-7H2,1-2H3,(H,12,13,14). The number of hydrogen-bond donors (Lipinski definition) is 1. The molecule has 1 aliphatic carbocycles. The van der Waals surface area contributed by atoms with Gasteiger partial charge in [-0.05, 0) is 35.1 Å². The number of esters is 1. The van der Waals surface area contributed by atoms with Crippen LogP contribution in [0.2, 0.25) is 0 Å². The number of amides is 2. The number of fused-ring (bicyclic) bond motifs is 3. The largest absolute Gasteiger partial charge is 0.468 e. The maximum Gasteiger partial charge on any atom is 0.321 e. The lowest BCUT2D eigenvalue weighted by Crippen LogP contribution is -2.39. The minimum Gasteiger partial charge on any atom is -0.468 e. The number of ether oxygens (including phenoxy) is 1. The number of carbonyl (C=O) groups is 3. The molecular weight excluding hydrogens is 366 g/mol. The van der Waals surface area contributed by atoms with Crippen LogP contribution < -0.4 is 5.32 Å². The Balaban J connectivity index is 0.000000168. The molecule has 1 heterocycles. The molecule has 2 amide bonds. The molecule has 2 aromatic rings. The van der Waals surface area contributed by atoms with E-state index >= 15 is 0 Å². The van der Waals surface area contributed by atoms with Crippen LogP contribution in [-0.4, -0.2) is 24.9 Å². The van der Waals surface area contributed by atoms with Gasteiger partial charge in [0, 0.05) is 0 Å². The van der Waals surface area contributed by atoms with Crippen molar-refractivity contribution in [2.24, 2.45) is 5.41 Å². The second-order valence-corrected chi connectivity index (χ2v) is 7.58. The van der Waals surface area contributed by atoms with Gasteiger partial charge in [0.1, 0.15) is 0 Å². The molecule has 5 heteroatoms. The van der Waals surface area contributed by atoms with Crippen LogP contribution in [-0.2, 0) is 25.5 Å². The zero-order valence-electron chi connectivity index (χ0n) is 17.0. The fourth-order valence-corrected chi connectivity index (χ4v) is 4.07. The van der Waals surface area contributed by atoms with E-state index in [9.17, 15) is 14.4 Å². The smallest absolute Gasteiger partial charge is 0.321 e. The third-order valence-corrected chi connectivity index (χ3v) is 5.64. The highest BCUT2D eigenvalue weighted by Gasteiger charge is 2.53. The Morgan fingerprint density at radius 2 is 1.59 bits per heavy atom. The normalized spacial score (nSPS) is 19.0. The molecule has 152 valence electrons. The Hall–Kier alpha value is -2.95. The zero-order valence-corrected chi connectivity index (χ0v) is 17.0. The predicted octanol–water partition coefficient (Wildman–Crippen LogP) is 4.03. The van der Waals surface area contributed by atoms with E-state index in [-0.39, 0.29) is 6.42 Å². The van der Waals surface area contributed by atoms with Gasteiger partial charge in [-0.15, -0.1) is 0 Å². The number of unbranched alkanes of at least 4 members (excludes halogenated alkanes) is 2. The molecule has 4 rings (SSSR count). The number of rotatable bonds is 5. The summed E-state index contributed by atoms with van der Waals surface area (Å²) in [5, 5.41) is 2.17. The maximum atomic E-state index is 11.7. The lowest BCUT2D eigenvalue weighted by molar-refractivity contribution is -0.157. The van der Waals surface area contributed by atoms with Gasteiger partial charge < -0.3 is 4.74 Å². The molecule has 0 saturated carbocycles. The average Bonchev–Trinajstić information content (AvgIpc) is 3.25. The highest BCUT2D eigenvalue weighted by molar-refractivity contribution is 6.16. The lowest BCUT2D eigenvalue weighted by atomic mass is 9.81. The van der Waals surface area contributed by atoms with Gasteiger partial charge in [0.05, 0.1) is 13.5 Å². The first-order chi connectivity index (χ1) is 14.0. The number of imide groups is 1. The monoisotopic (exact) mass is 393 g/mol. The van der Waals surface area contributed by atoms with Crippen LogP contribution in [0.5, 0.6) is 0 Å². The van der Waals surface area contributed by atoms with Crippen LogP contribution in [0.25, 0.3) is 11.1 Å². The summed E-state index contributed by atoms with van der Waals surface area (Å²) in [6.07, 6.45) is 4.07. The fraction of sp³-hybridized carbons (Fsp3) is 0.375. The van der Waals surface area contributed by atoms with Crippen LogP contribution in [0.4, 0.5) is 0 Å². The summed E-state index contributed by atoms with van der Waals surface area (Å²) in [5.41, 5.74) is 4.48. The fourth-order valence-electron chi connectivity index (χ4n) is 4.07. The van der Waals surface area contributed by atoms with E-state index < -0.39 is 23.2 Å². The highest BCUT2D eigenvalue weighted by atomic mass is 16.5. The molecule has 1 unspecified atom stereocenters. The van der Waals surface area contributed by atoms with Crippen molar-refractivity contribution in [3.63, 3.8) is 0 Å². The third kappa shape index (κ3) is 4.24. The van der Waals surface area contributed by atoms with Gasteiger partial charge in [-0.2, -0.15) is 0 Å². The van der Waals surface area contributed by atoms with Crippen molar-refractivity contribution in [2.75, 3.05) is 7.11 Å². The van der Waals surface area contributed by atoms with Gasteiger partial charge in [0.2, 0.25) is 11.8 Å². The van der Waals surface area contributed by atoms with Crippen LogP contribution in [0.15, 0.2) is 48.5 Å². The number of nitrogens with one attached hydrogen (secondary N) is 1. The third-order valence-electron chi connectivity index (χ3n) is 5.64. The number of hydrogen-bond acceptors (Lipinski definition) is 4. The molecule has 0 spiro atoms. The molecule has 0 aromatic heterocycles. The van der Waals surface area contributed by atoms with Gasteiger partial charge in [-0.25, -0.2) is 0 Å². The predicted molar refractivity (Wildman–Crippen MR) is 111 cm³/mol. The quantitative estimate of drug-likeness (QED) is 0.307. The van der Waals surface area contributed by atoms with E-state index in [1.807, 2.05) is 6.92 Å². The molecule has 1 aliphatic heterocycles. The molecule has 1 atom stereocenters. The van der Waals surface area contributed by atoms with E-state index in [1.54, 1.807) is 0 Å². The molecule has 5 nitrogen and oxygen atoms in total. The highest BCUT2D eigenvalue weighted by Crippen LogP contribution is 2.36. The number of benzene rings is 2. The van der Waals surface area contributed by atoms with Gasteiger partial charge in [0.25, 0.3) is 0 Å². The Morgan fingerprint density at radius 3 is 2.07 bits per heavy atom. The van der Waals surface area contributed by atoms with Crippen LogP contribution in [0, 0.1) is 5.41 Å². The topological polar surface area (TPSA) is 72.5 Å². The molecule has 1 fully saturated rings. The maximum absolute atomic E-state index is 11.7. The minimum atomic E-state index is -1.28. The minimum absolute atomic E-state index is 0.0811. The molecule has 2 aromatic carbocycles. The van der Waals surface area contributed by atoms with Gasteiger partial charge in [-0.1, -0.05) is 74.7 Å². The summed E-state index contributed by atoms with van der Waals surface area (Å²) < 4.78 is 4.63. The lowest BCUT2D eigenvalue weighted by Gasteiger charge is -2.21. The van der Waals surface area contributed by atoms with Crippen molar-refractivity contribution in [3.05, 3.63) is 59.7 Å². The first-order valence-corrected chi connectivity index (χ1v) is 10.1. The molecule has 0 bridgehead atoms.